The summed E-state index contributed by atoms with van der Waals surface area (Å²) in [5.74, 6) is 1.46. The second kappa shape index (κ2) is 11.7. The Bertz CT molecular complexity index is 1060. The highest BCUT2D eigenvalue weighted by molar-refractivity contribution is 5.97. The van der Waals surface area contributed by atoms with Crippen LogP contribution in [0.3, 0.4) is 0 Å². The van der Waals surface area contributed by atoms with Crippen molar-refractivity contribution < 1.29 is 14.3 Å². The van der Waals surface area contributed by atoms with Crippen molar-refractivity contribution in [3.8, 4) is 11.5 Å². The minimum atomic E-state index is -0.0635. The van der Waals surface area contributed by atoms with Crippen LogP contribution in [0.1, 0.15) is 78.9 Å². The zero-order chi connectivity index (χ0) is 23.8. The van der Waals surface area contributed by atoms with Crippen molar-refractivity contribution in [3.05, 3.63) is 95.1 Å². The summed E-state index contributed by atoms with van der Waals surface area (Å²) in [6, 6.07) is 24.2. The Morgan fingerprint density at radius 2 is 1.38 bits per heavy atom. The van der Waals surface area contributed by atoms with Crippen LogP contribution in [-0.2, 0) is 13.2 Å². The molecule has 0 unspecified atom stereocenters. The maximum atomic E-state index is 13.4. The van der Waals surface area contributed by atoms with Crippen LogP contribution >= 0.6 is 0 Å². The van der Waals surface area contributed by atoms with Crippen LogP contribution in [0.25, 0.3) is 0 Å². The molecule has 1 fully saturated rings. The maximum absolute atomic E-state index is 13.4. The van der Waals surface area contributed by atoms with Crippen molar-refractivity contribution >= 4 is 5.91 Å². The summed E-state index contributed by atoms with van der Waals surface area (Å²) in [5.41, 5.74) is 3.75. The van der Waals surface area contributed by atoms with E-state index >= 15 is 0 Å². The first-order chi connectivity index (χ1) is 16.6. The van der Waals surface area contributed by atoms with Gasteiger partial charge in [-0.15, -0.1) is 0 Å². The third-order valence-corrected chi connectivity index (χ3v) is 6.39. The van der Waals surface area contributed by atoms with Gasteiger partial charge in [-0.2, -0.15) is 0 Å². The Morgan fingerprint density at radius 3 is 1.94 bits per heavy atom. The zero-order valence-corrected chi connectivity index (χ0v) is 20.3. The van der Waals surface area contributed by atoms with E-state index in [1.165, 1.54) is 19.3 Å². The molecule has 0 aliphatic heterocycles. The zero-order valence-electron chi connectivity index (χ0n) is 20.3. The molecule has 1 N–H and O–H groups in total. The van der Waals surface area contributed by atoms with Gasteiger partial charge in [-0.3, -0.25) is 4.79 Å². The number of nitrogens with one attached hydrogen (secondary N) is 1. The van der Waals surface area contributed by atoms with E-state index in [1.54, 1.807) is 0 Å². The molecule has 0 saturated heterocycles. The average Bonchev–Trinajstić information content (AvgIpc) is 2.87. The highest BCUT2D eigenvalue weighted by Crippen LogP contribution is 2.35. The van der Waals surface area contributed by atoms with Gasteiger partial charge in [0, 0.05) is 12.1 Å². The molecule has 4 rings (SSSR count). The number of rotatable bonds is 9. The molecule has 0 bridgehead atoms. The van der Waals surface area contributed by atoms with Crippen LogP contribution < -0.4 is 14.8 Å². The number of hydrogen-bond donors (Lipinski definition) is 1. The average molecular weight is 458 g/mol. The van der Waals surface area contributed by atoms with Crippen LogP contribution in [0.2, 0.25) is 0 Å². The van der Waals surface area contributed by atoms with E-state index in [9.17, 15) is 4.79 Å². The fourth-order valence-electron chi connectivity index (χ4n) is 4.43. The van der Waals surface area contributed by atoms with Gasteiger partial charge in [0.05, 0.1) is 5.56 Å². The lowest BCUT2D eigenvalue weighted by molar-refractivity contribution is 0.0923. The number of carbonyl (C=O) groups excluding carboxylic acids is 1. The molecule has 1 aliphatic rings. The standard InChI is InChI=1S/C30H35NO3/c1-22(2)26-18-27(30(32)31-25-16-10-5-11-17-25)29(34-21-24-14-8-4-9-15-24)19-28(26)33-20-23-12-6-3-7-13-23/h3-4,6-9,12-15,18-19,22,25H,5,10-11,16-17,20-21H2,1-2H3,(H,31,32). The summed E-state index contributed by atoms with van der Waals surface area (Å²) in [6.45, 7) is 5.10. The quantitative estimate of drug-likeness (QED) is 0.375. The Hall–Kier alpha value is -3.27. The molecule has 1 saturated carbocycles. The molecule has 178 valence electrons. The Morgan fingerprint density at radius 1 is 0.824 bits per heavy atom. The highest BCUT2D eigenvalue weighted by Gasteiger charge is 2.23. The number of amides is 1. The van der Waals surface area contributed by atoms with E-state index < -0.39 is 0 Å². The molecule has 4 nitrogen and oxygen atoms in total. The normalized spacial score (nSPS) is 14.1. The van der Waals surface area contributed by atoms with Crippen LogP contribution in [0, 0.1) is 0 Å². The molecule has 34 heavy (non-hydrogen) atoms. The number of hydrogen-bond acceptors (Lipinski definition) is 3. The van der Waals surface area contributed by atoms with Gasteiger partial charge in [0.2, 0.25) is 0 Å². The summed E-state index contributed by atoms with van der Waals surface area (Å²) in [7, 11) is 0. The van der Waals surface area contributed by atoms with E-state index in [2.05, 4.69) is 19.2 Å². The van der Waals surface area contributed by atoms with Gasteiger partial charge in [-0.05, 0) is 41.5 Å². The molecule has 0 heterocycles. The monoisotopic (exact) mass is 457 g/mol. The van der Waals surface area contributed by atoms with E-state index in [-0.39, 0.29) is 17.9 Å². The minimum Gasteiger partial charge on any atom is -0.488 e. The van der Waals surface area contributed by atoms with Crippen LogP contribution in [0.15, 0.2) is 72.8 Å². The Balaban J connectivity index is 1.62. The number of carbonyl (C=O) groups is 1. The lowest BCUT2D eigenvalue weighted by Gasteiger charge is -2.24. The van der Waals surface area contributed by atoms with Crippen molar-refractivity contribution in [2.75, 3.05) is 0 Å². The molecular weight excluding hydrogens is 422 g/mol. The van der Waals surface area contributed by atoms with Crippen LogP contribution in [0.4, 0.5) is 0 Å². The second-order valence-electron chi connectivity index (χ2n) is 9.40. The Labute approximate surface area is 203 Å². The van der Waals surface area contributed by atoms with E-state index in [1.807, 2.05) is 72.8 Å². The molecule has 0 radical (unpaired) electrons. The smallest absolute Gasteiger partial charge is 0.255 e. The number of benzene rings is 3. The van der Waals surface area contributed by atoms with Crippen LogP contribution in [0.5, 0.6) is 11.5 Å². The molecule has 0 spiro atoms. The van der Waals surface area contributed by atoms with Gasteiger partial charge in [0.25, 0.3) is 5.91 Å². The largest absolute Gasteiger partial charge is 0.488 e. The highest BCUT2D eigenvalue weighted by atomic mass is 16.5. The van der Waals surface area contributed by atoms with Crippen molar-refractivity contribution in [1.82, 2.24) is 5.32 Å². The molecule has 4 heteroatoms. The van der Waals surface area contributed by atoms with Crippen molar-refractivity contribution in [2.24, 2.45) is 0 Å². The van der Waals surface area contributed by atoms with Crippen molar-refractivity contribution in [2.45, 2.75) is 71.1 Å². The lowest BCUT2D eigenvalue weighted by Crippen LogP contribution is -2.36. The predicted octanol–water partition coefficient (Wildman–Crippen LogP) is 7.03. The minimum absolute atomic E-state index is 0.0635. The second-order valence-corrected chi connectivity index (χ2v) is 9.40. The lowest BCUT2D eigenvalue weighted by atomic mass is 9.94. The van der Waals surface area contributed by atoms with Gasteiger partial charge in [-0.1, -0.05) is 93.8 Å². The summed E-state index contributed by atoms with van der Waals surface area (Å²) in [4.78, 5) is 13.4. The molecule has 3 aromatic rings. The first-order valence-electron chi connectivity index (χ1n) is 12.4. The topological polar surface area (TPSA) is 47.6 Å². The van der Waals surface area contributed by atoms with E-state index in [0.717, 1.165) is 35.3 Å². The molecule has 1 aliphatic carbocycles. The summed E-state index contributed by atoms with van der Waals surface area (Å²) in [6.07, 6.45) is 5.68. The van der Waals surface area contributed by atoms with Crippen LogP contribution in [-0.4, -0.2) is 11.9 Å². The van der Waals surface area contributed by atoms with Gasteiger partial charge in [0.15, 0.2) is 0 Å². The summed E-state index contributed by atoms with van der Waals surface area (Å²) in [5, 5.41) is 3.26. The molecule has 0 atom stereocenters. The van der Waals surface area contributed by atoms with Gasteiger partial charge in [0.1, 0.15) is 24.7 Å². The first-order valence-corrected chi connectivity index (χ1v) is 12.4. The molecule has 3 aromatic carbocycles. The van der Waals surface area contributed by atoms with E-state index in [4.69, 9.17) is 9.47 Å². The van der Waals surface area contributed by atoms with Gasteiger partial charge in [-0.25, -0.2) is 0 Å². The summed E-state index contributed by atoms with van der Waals surface area (Å²) < 4.78 is 12.5. The molecular formula is C30H35NO3. The maximum Gasteiger partial charge on any atom is 0.255 e. The van der Waals surface area contributed by atoms with Gasteiger partial charge < -0.3 is 14.8 Å². The number of ether oxygens (including phenoxy) is 2. The summed E-state index contributed by atoms with van der Waals surface area (Å²) >= 11 is 0. The van der Waals surface area contributed by atoms with Gasteiger partial charge >= 0.3 is 0 Å². The Kier molecular flexibility index (Phi) is 8.24. The van der Waals surface area contributed by atoms with Crippen molar-refractivity contribution in [1.29, 1.82) is 0 Å². The van der Waals surface area contributed by atoms with E-state index in [0.29, 0.717) is 24.5 Å². The SMILES string of the molecule is CC(C)c1cc(C(=O)NC2CCCCC2)c(OCc2ccccc2)cc1OCc1ccccc1. The predicted molar refractivity (Wildman–Crippen MR) is 136 cm³/mol. The first kappa shape index (κ1) is 23.9. The molecule has 0 aromatic heterocycles. The fraction of sp³-hybridized carbons (Fsp3) is 0.367. The fourth-order valence-corrected chi connectivity index (χ4v) is 4.43. The third-order valence-electron chi connectivity index (χ3n) is 6.39. The third kappa shape index (κ3) is 6.40. The van der Waals surface area contributed by atoms with Crippen molar-refractivity contribution in [3.63, 3.8) is 0 Å². The molecule has 1 amide bonds.